The Morgan fingerprint density at radius 2 is 1.58 bits per heavy atom. The molecule has 11 nitrogen and oxygen atoms in total. The largest absolute Gasteiger partial charge is 0.497 e. The van der Waals surface area contributed by atoms with Gasteiger partial charge in [0.15, 0.2) is 0 Å². The van der Waals surface area contributed by atoms with Crippen molar-refractivity contribution in [2.45, 2.75) is 44.7 Å². The fourth-order valence-electron chi connectivity index (χ4n) is 4.77. The van der Waals surface area contributed by atoms with E-state index in [1.807, 2.05) is 49.8 Å². The number of rotatable bonds is 8. The van der Waals surface area contributed by atoms with Crippen LogP contribution in [0.1, 0.15) is 41.7 Å². The predicted molar refractivity (Wildman–Crippen MR) is 161 cm³/mol. The molecule has 3 heterocycles. The Balaban J connectivity index is 0.000000376. The molecule has 0 saturated carbocycles. The van der Waals surface area contributed by atoms with Crippen molar-refractivity contribution in [2.24, 2.45) is 0 Å². The van der Waals surface area contributed by atoms with E-state index in [1.54, 1.807) is 7.11 Å². The van der Waals surface area contributed by atoms with Crippen molar-refractivity contribution in [3.05, 3.63) is 72.2 Å². The first kappa shape index (κ1) is 37.4. The summed E-state index contributed by atoms with van der Waals surface area (Å²) in [5, 5.41) is 25.4. The minimum Gasteiger partial charge on any atom is -0.497 e. The number of nitrogens with one attached hydrogen (secondary N) is 2. The first-order valence-electron chi connectivity index (χ1n) is 14.4. The predicted octanol–water partition coefficient (Wildman–Crippen LogP) is 5.89. The highest BCUT2D eigenvalue weighted by Gasteiger charge is 2.38. The van der Waals surface area contributed by atoms with Gasteiger partial charge >= 0.3 is 24.3 Å². The van der Waals surface area contributed by atoms with Crippen LogP contribution >= 0.6 is 0 Å². The average molecular weight is 686 g/mol. The molecule has 1 aliphatic rings. The molecule has 2 aromatic carbocycles. The number of aromatic nitrogens is 3. The molecule has 4 N–H and O–H groups in total. The van der Waals surface area contributed by atoms with Crippen LogP contribution in [0.3, 0.4) is 0 Å². The molecule has 0 aliphatic carbocycles. The summed E-state index contributed by atoms with van der Waals surface area (Å²) in [6.45, 7) is 6.15. The quantitative estimate of drug-likeness (QED) is 0.168. The van der Waals surface area contributed by atoms with Crippen molar-refractivity contribution in [1.82, 2.24) is 25.0 Å². The van der Waals surface area contributed by atoms with Gasteiger partial charge < -0.3 is 29.7 Å². The lowest BCUT2D eigenvalue weighted by atomic mass is 10.0. The first-order valence-corrected chi connectivity index (χ1v) is 14.4. The van der Waals surface area contributed by atoms with Crippen LogP contribution in [-0.2, 0) is 16.1 Å². The summed E-state index contributed by atoms with van der Waals surface area (Å²) >= 11 is 0. The molecular weight excluding hydrogens is 652 g/mol. The Bertz CT molecular complexity index is 1660. The Morgan fingerprint density at radius 3 is 2.12 bits per heavy atom. The van der Waals surface area contributed by atoms with Crippen molar-refractivity contribution in [2.75, 3.05) is 26.7 Å². The summed E-state index contributed by atoms with van der Waals surface area (Å²) in [5.74, 6) is -4.81. The van der Waals surface area contributed by atoms with Gasteiger partial charge in [-0.25, -0.2) is 9.59 Å². The topological polar surface area (TPSA) is 150 Å². The molecule has 1 aliphatic heterocycles. The number of hydrogen-bond donors (Lipinski definition) is 4. The van der Waals surface area contributed by atoms with Crippen LogP contribution in [0.25, 0.3) is 22.0 Å². The van der Waals surface area contributed by atoms with E-state index in [9.17, 15) is 31.1 Å². The summed E-state index contributed by atoms with van der Waals surface area (Å²) < 4.78 is 71.0. The van der Waals surface area contributed by atoms with Gasteiger partial charge in [0.25, 0.3) is 5.91 Å². The maximum Gasteiger partial charge on any atom is 0.490 e. The van der Waals surface area contributed by atoms with Gasteiger partial charge in [-0.3, -0.25) is 9.89 Å². The van der Waals surface area contributed by atoms with Gasteiger partial charge in [-0.2, -0.15) is 31.4 Å². The molecule has 0 bridgehead atoms. The minimum absolute atomic E-state index is 0.0729. The highest BCUT2D eigenvalue weighted by molar-refractivity contribution is 6.07. The van der Waals surface area contributed by atoms with Crippen LogP contribution in [0.15, 0.2) is 61.1 Å². The van der Waals surface area contributed by atoms with Gasteiger partial charge in [0.2, 0.25) is 0 Å². The Kier molecular flexibility index (Phi) is 12.6. The zero-order chi connectivity index (χ0) is 35.6. The van der Waals surface area contributed by atoms with Crippen LogP contribution < -0.4 is 10.1 Å². The van der Waals surface area contributed by atoms with Crippen LogP contribution in [0, 0.1) is 0 Å². The monoisotopic (exact) mass is 685 g/mol. The standard InChI is InChI=1S/C27H31N5O2.2C2HF3O2/c1-19(20-6-5-7-23(14-20)34-2)30-27(33)25-18-32(13-12-31-10-3-4-11-31)26-15-21(8-9-24(25)26)22-16-28-29-17-22;2*3-2(4,5)1(6)7/h5-9,14-19H,3-4,10-13H2,1-2H3,(H,28,29)(H,30,33);2*(H,6,7)/t19-;;/m1../s1. The number of hydrogen-bond acceptors (Lipinski definition) is 6. The number of fused-ring (bicyclic) bond motifs is 1. The van der Waals surface area contributed by atoms with Crippen molar-refractivity contribution >= 4 is 28.7 Å². The molecule has 0 spiro atoms. The summed E-state index contributed by atoms with van der Waals surface area (Å²) in [6.07, 6.45) is -1.91. The van der Waals surface area contributed by atoms with Gasteiger partial charge in [-0.15, -0.1) is 0 Å². The average Bonchev–Trinajstić information content (AvgIpc) is 3.81. The van der Waals surface area contributed by atoms with E-state index in [2.05, 4.69) is 43.2 Å². The van der Waals surface area contributed by atoms with Crippen molar-refractivity contribution < 1.29 is 55.7 Å². The highest BCUT2D eigenvalue weighted by atomic mass is 19.4. The third-order valence-electron chi connectivity index (χ3n) is 7.24. The van der Waals surface area contributed by atoms with Gasteiger partial charge in [0.1, 0.15) is 5.75 Å². The number of benzene rings is 2. The minimum atomic E-state index is -5.08. The first-order chi connectivity index (χ1) is 22.5. The SMILES string of the molecule is COc1cccc([C@@H](C)NC(=O)c2cn(CCN3CCCC3)c3cc(-c4cn[nH]c4)ccc23)c1.O=C(O)C(F)(F)F.O=C(O)C(F)(F)F. The second kappa shape index (κ2) is 16.2. The fraction of sp³-hybridized carbons (Fsp3) is 0.355. The smallest absolute Gasteiger partial charge is 0.490 e. The van der Waals surface area contributed by atoms with Crippen molar-refractivity contribution in [3.8, 4) is 16.9 Å². The lowest BCUT2D eigenvalue weighted by Gasteiger charge is -2.15. The molecular formula is C31H33F6N5O6. The molecule has 260 valence electrons. The number of carbonyl (C=O) groups excluding carboxylic acids is 1. The molecule has 0 radical (unpaired) electrons. The Labute approximate surface area is 270 Å². The van der Waals surface area contributed by atoms with Crippen LogP contribution in [0.2, 0.25) is 0 Å². The number of halogens is 6. The third kappa shape index (κ3) is 10.5. The number of amides is 1. The lowest BCUT2D eigenvalue weighted by molar-refractivity contribution is -0.193. The molecule has 4 aromatic rings. The number of H-pyrrole nitrogens is 1. The summed E-state index contributed by atoms with van der Waals surface area (Å²) in [4.78, 5) is 33.7. The number of likely N-dealkylation sites (tertiary alicyclic amines) is 1. The van der Waals surface area contributed by atoms with Gasteiger partial charge in [0.05, 0.1) is 24.9 Å². The second-order valence-corrected chi connectivity index (χ2v) is 10.6. The summed E-state index contributed by atoms with van der Waals surface area (Å²) in [5.41, 5.74) is 4.89. The van der Waals surface area contributed by atoms with E-state index in [0.717, 1.165) is 59.5 Å². The maximum absolute atomic E-state index is 13.4. The van der Waals surface area contributed by atoms with Crippen LogP contribution in [-0.4, -0.2) is 86.8 Å². The number of aromatic amines is 1. The number of carboxylic acid groups (broad SMARTS) is 2. The van der Waals surface area contributed by atoms with Gasteiger partial charge in [0, 0.05) is 41.9 Å². The normalized spacial score (nSPS) is 13.9. The molecule has 1 atom stereocenters. The summed E-state index contributed by atoms with van der Waals surface area (Å²) in [6, 6.07) is 13.9. The third-order valence-corrected chi connectivity index (χ3v) is 7.24. The fourth-order valence-corrected chi connectivity index (χ4v) is 4.77. The molecule has 0 unspecified atom stereocenters. The number of carboxylic acids is 2. The number of methoxy groups -OCH3 is 1. The van der Waals surface area contributed by atoms with E-state index in [-0.39, 0.29) is 11.9 Å². The highest BCUT2D eigenvalue weighted by Crippen LogP contribution is 2.29. The molecule has 17 heteroatoms. The van der Waals surface area contributed by atoms with E-state index < -0.39 is 24.3 Å². The lowest BCUT2D eigenvalue weighted by Crippen LogP contribution is -2.26. The molecule has 1 fully saturated rings. The van der Waals surface area contributed by atoms with Gasteiger partial charge in [-0.1, -0.05) is 24.3 Å². The molecule has 2 aromatic heterocycles. The van der Waals surface area contributed by atoms with Gasteiger partial charge in [-0.05, 0) is 62.2 Å². The number of ether oxygens (including phenoxy) is 1. The Morgan fingerprint density at radius 1 is 0.958 bits per heavy atom. The molecule has 1 saturated heterocycles. The van der Waals surface area contributed by atoms with E-state index in [0.29, 0.717) is 5.56 Å². The second-order valence-electron chi connectivity index (χ2n) is 10.6. The Hall–Kier alpha value is -5.06. The van der Waals surface area contributed by atoms with Crippen molar-refractivity contribution in [3.63, 3.8) is 0 Å². The van der Waals surface area contributed by atoms with E-state index in [1.165, 1.54) is 12.8 Å². The summed E-state index contributed by atoms with van der Waals surface area (Å²) in [7, 11) is 1.65. The van der Waals surface area contributed by atoms with E-state index >= 15 is 0 Å². The zero-order valence-corrected chi connectivity index (χ0v) is 25.7. The number of alkyl halides is 6. The van der Waals surface area contributed by atoms with Crippen LogP contribution in [0.5, 0.6) is 5.75 Å². The molecule has 1 amide bonds. The van der Waals surface area contributed by atoms with Crippen LogP contribution in [0.4, 0.5) is 26.3 Å². The molecule has 48 heavy (non-hydrogen) atoms. The number of aliphatic carboxylic acids is 2. The molecule has 5 rings (SSSR count). The van der Waals surface area contributed by atoms with E-state index in [4.69, 9.17) is 24.5 Å². The van der Waals surface area contributed by atoms with Crippen molar-refractivity contribution in [1.29, 1.82) is 0 Å². The zero-order valence-electron chi connectivity index (χ0n) is 25.7. The maximum atomic E-state index is 13.4. The number of nitrogens with zero attached hydrogens (tertiary/aromatic N) is 3. The number of carbonyl (C=O) groups is 3.